The number of nitrogens with two attached hydrogens (primary N) is 1. The molecule has 0 spiro atoms. The third-order valence-electron chi connectivity index (χ3n) is 2.51. The molecular weight excluding hydrogens is 244 g/mol. The van der Waals surface area contributed by atoms with Crippen molar-refractivity contribution in [2.45, 2.75) is 6.04 Å². The maximum Gasteiger partial charge on any atom is 0.124 e. The number of benzene rings is 2. The molecule has 2 aromatic rings. The average Bonchev–Trinajstić information content (AvgIpc) is 2.28. The van der Waals surface area contributed by atoms with E-state index in [1.54, 1.807) is 12.1 Å². The minimum absolute atomic E-state index is 0.238. The summed E-state index contributed by atoms with van der Waals surface area (Å²) < 4.78 is 26.0. The van der Waals surface area contributed by atoms with E-state index in [1.165, 1.54) is 30.3 Å². The van der Waals surface area contributed by atoms with Gasteiger partial charge in [0.05, 0.1) is 6.04 Å². The van der Waals surface area contributed by atoms with Gasteiger partial charge >= 0.3 is 0 Å². The fraction of sp³-hybridized carbons (Fsp3) is 0.0769. The van der Waals surface area contributed by atoms with Gasteiger partial charge in [-0.2, -0.15) is 0 Å². The summed E-state index contributed by atoms with van der Waals surface area (Å²) in [6, 6.07) is 9.35. The highest BCUT2D eigenvalue weighted by Gasteiger charge is 2.13. The van der Waals surface area contributed by atoms with Gasteiger partial charge in [0.15, 0.2) is 0 Å². The molecule has 0 amide bonds. The van der Waals surface area contributed by atoms with Crippen LogP contribution in [0.4, 0.5) is 8.78 Å². The summed E-state index contributed by atoms with van der Waals surface area (Å²) in [5.74, 6) is -0.790. The molecule has 0 fully saturated rings. The number of hydrogen-bond donors (Lipinski definition) is 1. The highest BCUT2D eigenvalue weighted by atomic mass is 35.5. The van der Waals surface area contributed by atoms with Crippen LogP contribution in [0.15, 0.2) is 42.5 Å². The van der Waals surface area contributed by atoms with Gasteiger partial charge in [-0.05, 0) is 35.4 Å². The van der Waals surface area contributed by atoms with E-state index in [9.17, 15) is 8.78 Å². The minimum Gasteiger partial charge on any atom is -0.320 e. The third-order valence-corrected chi connectivity index (χ3v) is 2.83. The molecule has 88 valence electrons. The van der Waals surface area contributed by atoms with Crippen LogP contribution in [0.2, 0.25) is 5.02 Å². The largest absolute Gasteiger partial charge is 0.320 e. The first-order valence-corrected chi connectivity index (χ1v) is 5.41. The average molecular weight is 254 g/mol. The monoisotopic (exact) mass is 253 g/mol. The van der Waals surface area contributed by atoms with E-state index >= 15 is 0 Å². The lowest BCUT2D eigenvalue weighted by atomic mass is 9.99. The zero-order valence-electron chi connectivity index (χ0n) is 8.83. The number of hydrogen-bond acceptors (Lipinski definition) is 1. The van der Waals surface area contributed by atoms with Gasteiger partial charge in [0.1, 0.15) is 11.6 Å². The summed E-state index contributed by atoms with van der Waals surface area (Å²) in [5, 5.41) is 0.238. The third kappa shape index (κ3) is 2.62. The molecule has 1 atom stereocenters. The molecule has 2 rings (SSSR count). The van der Waals surface area contributed by atoms with E-state index in [4.69, 9.17) is 17.3 Å². The maximum atomic E-state index is 13.1. The standard InChI is InChI=1S/C13H10ClF2N/c14-12-7-10(16)4-5-11(12)13(17)8-2-1-3-9(15)6-8/h1-7,13H,17H2. The van der Waals surface area contributed by atoms with Crippen LogP contribution in [-0.4, -0.2) is 0 Å². The zero-order valence-corrected chi connectivity index (χ0v) is 9.59. The number of halogens is 3. The first-order chi connectivity index (χ1) is 8.08. The summed E-state index contributed by atoms with van der Waals surface area (Å²) in [6.07, 6.45) is 0. The maximum absolute atomic E-state index is 13.1. The molecule has 0 aliphatic rings. The Labute approximate surface area is 103 Å². The van der Waals surface area contributed by atoms with Crippen LogP contribution in [0.1, 0.15) is 17.2 Å². The van der Waals surface area contributed by atoms with Gasteiger partial charge in [0.25, 0.3) is 0 Å². The number of rotatable bonds is 2. The van der Waals surface area contributed by atoms with Gasteiger partial charge in [-0.15, -0.1) is 0 Å². The normalized spacial score (nSPS) is 12.5. The van der Waals surface area contributed by atoms with Crippen molar-refractivity contribution in [2.24, 2.45) is 5.73 Å². The summed E-state index contributed by atoms with van der Waals surface area (Å²) in [7, 11) is 0. The molecule has 0 saturated heterocycles. The van der Waals surface area contributed by atoms with Crippen LogP contribution in [0, 0.1) is 11.6 Å². The molecule has 0 bridgehead atoms. The topological polar surface area (TPSA) is 26.0 Å². The summed E-state index contributed by atoms with van der Waals surface area (Å²) in [5.41, 5.74) is 7.13. The lowest BCUT2D eigenvalue weighted by molar-refractivity contribution is 0.621. The Hall–Kier alpha value is -1.45. The molecule has 0 saturated carbocycles. The second-order valence-corrected chi connectivity index (χ2v) is 4.11. The van der Waals surface area contributed by atoms with E-state index in [1.807, 2.05) is 0 Å². The van der Waals surface area contributed by atoms with Gasteiger partial charge in [0, 0.05) is 5.02 Å². The van der Waals surface area contributed by atoms with Crippen molar-refractivity contribution in [3.05, 3.63) is 70.2 Å². The summed E-state index contributed by atoms with van der Waals surface area (Å²) in [6.45, 7) is 0. The SMILES string of the molecule is NC(c1cccc(F)c1)c1ccc(F)cc1Cl. The Balaban J connectivity index is 2.40. The van der Waals surface area contributed by atoms with Gasteiger partial charge in [0.2, 0.25) is 0 Å². The summed E-state index contributed by atoms with van der Waals surface area (Å²) in [4.78, 5) is 0. The van der Waals surface area contributed by atoms with Crippen LogP contribution in [0.5, 0.6) is 0 Å². The fourth-order valence-corrected chi connectivity index (χ4v) is 1.92. The second kappa shape index (κ2) is 4.82. The van der Waals surface area contributed by atoms with Gasteiger partial charge in [-0.3, -0.25) is 0 Å². The van der Waals surface area contributed by atoms with Crippen LogP contribution >= 0.6 is 11.6 Å². The Morgan fingerprint density at radius 2 is 1.71 bits per heavy atom. The Kier molecular flexibility index (Phi) is 3.41. The van der Waals surface area contributed by atoms with E-state index < -0.39 is 11.9 Å². The molecule has 0 aliphatic carbocycles. The lowest BCUT2D eigenvalue weighted by Crippen LogP contribution is -2.12. The molecule has 0 radical (unpaired) electrons. The van der Waals surface area contributed by atoms with Gasteiger partial charge in [-0.25, -0.2) is 8.78 Å². The first-order valence-electron chi connectivity index (χ1n) is 5.04. The zero-order chi connectivity index (χ0) is 12.4. The van der Waals surface area contributed by atoms with Crippen LogP contribution in [0.25, 0.3) is 0 Å². The van der Waals surface area contributed by atoms with E-state index in [2.05, 4.69) is 0 Å². The molecule has 2 N–H and O–H groups in total. The van der Waals surface area contributed by atoms with Crippen LogP contribution in [-0.2, 0) is 0 Å². The molecule has 1 nitrogen and oxygen atoms in total. The van der Waals surface area contributed by atoms with Gasteiger partial charge in [-0.1, -0.05) is 29.8 Å². The predicted octanol–water partition coefficient (Wildman–Crippen LogP) is 3.67. The minimum atomic E-state index is -0.571. The second-order valence-electron chi connectivity index (χ2n) is 3.70. The highest BCUT2D eigenvalue weighted by molar-refractivity contribution is 6.31. The van der Waals surface area contributed by atoms with Crippen molar-refractivity contribution in [1.29, 1.82) is 0 Å². The molecule has 0 heterocycles. The van der Waals surface area contributed by atoms with Crippen molar-refractivity contribution in [1.82, 2.24) is 0 Å². The molecule has 0 aromatic heterocycles. The lowest BCUT2D eigenvalue weighted by Gasteiger charge is -2.14. The van der Waals surface area contributed by atoms with E-state index in [0.717, 1.165) is 0 Å². The van der Waals surface area contributed by atoms with Crippen LogP contribution in [0.3, 0.4) is 0 Å². The Morgan fingerprint density at radius 3 is 2.35 bits per heavy atom. The van der Waals surface area contributed by atoms with Gasteiger partial charge < -0.3 is 5.73 Å². The Morgan fingerprint density at radius 1 is 1.00 bits per heavy atom. The summed E-state index contributed by atoms with van der Waals surface area (Å²) >= 11 is 5.90. The molecule has 0 aliphatic heterocycles. The van der Waals surface area contributed by atoms with Crippen molar-refractivity contribution in [3.63, 3.8) is 0 Å². The van der Waals surface area contributed by atoms with Crippen molar-refractivity contribution in [3.8, 4) is 0 Å². The molecule has 2 aromatic carbocycles. The van der Waals surface area contributed by atoms with Crippen LogP contribution < -0.4 is 5.73 Å². The fourth-order valence-electron chi connectivity index (χ4n) is 1.63. The van der Waals surface area contributed by atoms with Crippen molar-refractivity contribution >= 4 is 11.6 Å². The molecule has 4 heteroatoms. The van der Waals surface area contributed by atoms with E-state index in [0.29, 0.717) is 11.1 Å². The first kappa shape index (κ1) is 12.0. The van der Waals surface area contributed by atoms with Crippen molar-refractivity contribution < 1.29 is 8.78 Å². The molecule has 17 heavy (non-hydrogen) atoms. The smallest absolute Gasteiger partial charge is 0.124 e. The van der Waals surface area contributed by atoms with Crippen molar-refractivity contribution in [2.75, 3.05) is 0 Å². The predicted molar refractivity (Wildman–Crippen MR) is 63.8 cm³/mol. The highest BCUT2D eigenvalue weighted by Crippen LogP contribution is 2.27. The Bertz CT molecular complexity index is 543. The molecular formula is C13H10ClF2N. The quantitative estimate of drug-likeness (QED) is 0.868. The molecule has 1 unspecified atom stereocenters. The van der Waals surface area contributed by atoms with E-state index in [-0.39, 0.29) is 10.8 Å².